The molecule has 1 aliphatic rings. The Morgan fingerprint density at radius 2 is 1.77 bits per heavy atom. The Morgan fingerprint density at radius 1 is 1.23 bits per heavy atom. The molecule has 0 atom stereocenters. The Hall–Kier alpha value is -0.190. The van der Waals surface area contributed by atoms with Crippen molar-refractivity contribution in [1.29, 1.82) is 0 Å². The van der Waals surface area contributed by atoms with Crippen molar-refractivity contribution in [3.05, 3.63) is 0 Å². The Balaban J connectivity index is 0. The highest BCUT2D eigenvalue weighted by molar-refractivity contribution is 5.85. The van der Waals surface area contributed by atoms with E-state index < -0.39 is 6.09 Å². The van der Waals surface area contributed by atoms with E-state index in [0.717, 1.165) is 25.7 Å². The molecule has 1 rings (SSSR count). The van der Waals surface area contributed by atoms with Gasteiger partial charge in [-0.15, -0.1) is 24.8 Å². The molecule has 0 aromatic heterocycles. The summed E-state index contributed by atoms with van der Waals surface area (Å²) in [5.74, 6) is 4.86. The van der Waals surface area contributed by atoms with Crippen LogP contribution in [0.4, 0.5) is 4.79 Å². The molecule has 0 bridgehead atoms. The average Bonchev–Trinajstić information content (AvgIpc) is 2.06. The zero-order chi connectivity index (χ0) is 8.10. The third-order valence-corrected chi connectivity index (χ3v) is 1.94. The van der Waals surface area contributed by atoms with Crippen molar-refractivity contribution in [3.63, 3.8) is 0 Å². The van der Waals surface area contributed by atoms with Crippen LogP contribution in [0.25, 0.3) is 0 Å². The van der Waals surface area contributed by atoms with Gasteiger partial charge in [0.1, 0.15) is 6.10 Å². The van der Waals surface area contributed by atoms with E-state index >= 15 is 0 Å². The van der Waals surface area contributed by atoms with E-state index in [4.69, 9.17) is 10.6 Å². The molecule has 0 unspecified atom stereocenters. The van der Waals surface area contributed by atoms with Gasteiger partial charge in [-0.1, -0.05) is 6.42 Å². The number of rotatable bonds is 1. The average molecular weight is 231 g/mol. The van der Waals surface area contributed by atoms with Crippen LogP contribution in [0.5, 0.6) is 0 Å². The first-order valence-electron chi connectivity index (χ1n) is 4.00. The second kappa shape index (κ2) is 8.41. The molecule has 3 N–H and O–H groups in total. The van der Waals surface area contributed by atoms with E-state index in [9.17, 15) is 4.79 Å². The lowest BCUT2D eigenvalue weighted by atomic mass is 9.98. The molecule has 1 saturated carbocycles. The highest BCUT2D eigenvalue weighted by Crippen LogP contribution is 2.19. The van der Waals surface area contributed by atoms with Gasteiger partial charge in [0.25, 0.3) is 0 Å². The van der Waals surface area contributed by atoms with Gasteiger partial charge in [0.15, 0.2) is 0 Å². The predicted molar refractivity (Wildman–Crippen MR) is 55.2 cm³/mol. The molecule has 1 aliphatic carbocycles. The van der Waals surface area contributed by atoms with Crippen LogP contribution in [-0.4, -0.2) is 12.2 Å². The summed E-state index contributed by atoms with van der Waals surface area (Å²) in [5.41, 5.74) is 1.95. The van der Waals surface area contributed by atoms with Gasteiger partial charge in [-0.3, -0.25) is 5.43 Å². The topological polar surface area (TPSA) is 64.3 Å². The first kappa shape index (κ1) is 15.3. The third-order valence-electron chi connectivity index (χ3n) is 1.94. The maximum absolute atomic E-state index is 10.6. The lowest BCUT2D eigenvalue weighted by Crippen LogP contribution is -2.34. The van der Waals surface area contributed by atoms with Crippen LogP contribution in [0.15, 0.2) is 0 Å². The van der Waals surface area contributed by atoms with Crippen molar-refractivity contribution in [2.45, 2.75) is 38.2 Å². The highest BCUT2D eigenvalue weighted by Gasteiger charge is 2.16. The maximum Gasteiger partial charge on any atom is 0.421 e. The Labute approximate surface area is 90.4 Å². The fourth-order valence-corrected chi connectivity index (χ4v) is 1.37. The van der Waals surface area contributed by atoms with Gasteiger partial charge >= 0.3 is 6.09 Å². The minimum Gasteiger partial charge on any atom is -0.445 e. The van der Waals surface area contributed by atoms with Gasteiger partial charge in [0.05, 0.1) is 0 Å². The van der Waals surface area contributed by atoms with Crippen molar-refractivity contribution >= 4 is 30.9 Å². The van der Waals surface area contributed by atoms with E-state index in [-0.39, 0.29) is 30.9 Å². The molecule has 0 aromatic carbocycles. The molecule has 0 heterocycles. The number of hydrogen-bond donors (Lipinski definition) is 2. The molecule has 13 heavy (non-hydrogen) atoms. The van der Waals surface area contributed by atoms with Crippen molar-refractivity contribution in [1.82, 2.24) is 5.43 Å². The van der Waals surface area contributed by atoms with E-state index in [2.05, 4.69) is 0 Å². The number of carbonyl (C=O) groups excluding carboxylic acids is 1. The standard InChI is InChI=1S/C7H14N2O2.2ClH/c8-9-7(10)11-6-4-2-1-3-5-6;;/h6H,1-5,8H2,(H,9,10);2*1H. The number of nitrogens with one attached hydrogen (secondary N) is 1. The molecular formula is C7H16Cl2N2O2. The summed E-state index contributed by atoms with van der Waals surface area (Å²) >= 11 is 0. The molecule has 80 valence electrons. The Morgan fingerprint density at radius 3 is 2.23 bits per heavy atom. The van der Waals surface area contributed by atoms with Gasteiger partial charge in [-0.05, 0) is 25.7 Å². The van der Waals surface area contributed by atoms with Gasteiger partial charge in [-0.2, -0.15) is 0 Å². The van der Waals surface area contributed by atoms with Crippen molar-refractivity contribution in [2.75, 3.05) is 0 Å². The predicted octanol–water partition coefficient (Wildman–Crippen LogP) is 1.76. The lowest BCUT2D eigenvalue weighted by molar-refractivity contribution is 0.0754. The number of halogens is 2. The summed E-state index contributed by atoms with van der Waals surface area (Å²) in [6.45, 7) is 0. The molecule has 6 heteroatoms. The largest absolute Gasteiger partial charge is 0.445 e. The second-order valence-electron chi connectivity index (χ2n) is 2.81. The maximum atomic E-state index is 10.6. The first-order valence-corrected chi connectivity index (χ1v) is 4.00. The summed E-state index contributed by atoms with van der Waals surface area (Å²) in [6, 6.07) is 0. The number of hydrazine groups is 1. The monoisotopic (exact) mass is 230 g/mol. The van der Waals surface area contributed by atoms with Gasteiger partial charge < -0.3 is 4.74 Å². The van der Waals surface area contributed by atoms with Gasteiger partial charge in [-0.25, -0.2) is 10.6 Å². The molecule has 0 saturated heterocycles. The molecular weight excluding hydrogens is 215 g/mol. The van der Waals surface area contributed by atoms with Crippen LogP contribution in [0.3, 0.4) is 0 Å². The Kier molecular flexibility index (Phi) is 9.89. The number of amides is 1. The molecule has 0 radical (unpaired) electrons. The quantitative estimate of drug-likeness (QED) is 0.410. The number of ether oxygens (including phenoxy) is 1. The lowest BCUT2D eigenvalue weighted by Gasteiger charge is -2.21. The van der Waals surface area contributed by atoms with Crippen LogP contribution < -0.4 is 11.3 Å². The smallest absolute Gasteiger partial charge is 0.421 e. The van der Waals surface area contributed by atoms with E-state index in [1.165, 1.54) is 6.42 Å². The van der Waals surface area contributed by atoms with Crippen LogP contribution >= 0.6 is 24.8 Å². The van der Waals surface area contributed by atoms with Crippen LogP contribution in [0, 0.1) is 0 Å². The number of nitrogens with two attached hydrogens (primary N) is 1. The van der Waals surface area contributed by atoms with Crippen LogP contribution in [0.2, 0.25) is 0 Å². The van der Waals surface area contributed by atoms with Gasteiger partial charge in [0.2, 0.25) is 0 Å². The molecule has 0 aliphatic heterocycles. The molecule has 4 nitrogen and oxygen atoms in total. The minimum atomic E-state index is -0.517. The van der Waals surface area contributed by atoms with E-state index in [1.54, 1.807) is 0 Å². The minimum absolute atomic E-state index is 0. The second-order valence-corrected chi connectivity index (χ2v) is 2.81. The van der Waals surface area contributed by atoms with Crippen molar-refractivity contribution in [3.8, 4) is 0 Å². The normalized spacial score (nSPS) is 16.4. The molecule has 0 spiro atoms. The van der Waals surface area contributed by atoms with E-state index in [0.29, 0.717) is 0 Å². The first-order chi connectivity index (χ1) is 5.33. The van der Waals surface area contributed by atoms with Crippen molar-refractivity contribution in [2.24, 2.45) is 5.84 Å². The molecule has 1 amide bonds. The fourth-order valence-electron chi connectivity index (χ4n) is 1.37. The van der Waals surface area contributed by atoms with Crippen LogP contribution in [-0.2, 0) is 4.74 Å². The van der Waals surface area contributed by atoms with Crippen molar-refractivity contribution < 1.29 is 9.53 Å². The zero-order valence-electron chi connectivity index (χ0n) is 7.32. The zero-order valence-corrected chi connectivity index (χ0v) is 8.96. The van der Waals surface area contributed by atoms with Crippen LogP contribution in [0.1, 0.15) is 32.1 Å². The van der Waals surface area contributed by atoms with E-state index in [1.807, 2.05) is 5.43 Å². The number of carbonyl (C=O) groups is 1. The molecule has 1 fully saturated rings. The Bertz CT molecular complexity index is 140. The third kappa shape index (κ3) is 5.96. The summed E-state index contributed by atoms with van der Waals surface area (Å²) in [7, 11) is 0. The SMILES string of the molecule is Cl.Cl.NNC(=O)OC1CCCCC1. The summed E-state index contributed by atoms with van der Waals surface area (Å²) < 4.78 is 4.97. The summed E-state index contributed by atoms with van der Waals surface area (Å²) in [5, 5.41) is 0. The molecule has 0 aromatic rings. The summed E-state index contributed by atoms with van der Waals surface area (Å²) in [4.78, 5) is 10.6. The fraction of sp³-hybridized carbons (Fsp3) is 0.857. The highest BCUT2D eigenvalue weighted by atomic mass is 35.5. The van der Waals surface area contributed by atoms with Gasteiger partial charge in [0, 0.05) is 0 Å². The summed E-state index contributed by atoms with van der Waals surface area (Å²) in [6.07, 6.45) is 5.10. The number of hydrogen-bond acceptors (Lipinski definition) is 3.